The maximum absolute atomic E-state index is 12.5. The van der Waals surface area contributed by atoms with Crippen molar-refractivity contribution in [3.05, 3.63) is 59.7 Å². The smallest absolute Gasteiger partial charge is 0.257 e. The first kappa shape index (κ1) is 25.3. The van der Waals surface area contributed by atoms with Crippen LogP contribution in [0, 0.1) is 0 Å². The van der Waals surface area contributed by atoms with Gasteiger partial charge in [0.1, 0.15) is 5.75 Å². The second-order valence-electron chi connectivity index (χ2n) is 7.53. The molecule has 0 aromatic heterocycles. The van der Waals surface area contributed by atoms with Crippen LogP contribution in [0.4, 0.5) is 5.69 Å². The Morgan fingerprint density at radius 2 is 1.62 bits per heavy atom. The topological polar surface area (TPSA) is 79.5 Å². The quantitative estimate of drug-likeness (QED) is 0.299. The van der Waals surface area contributed by atoms with Crippen LogP contribution in [0.3, 0.4) is 0 Å². The van der Waals surface area contributed by atoms with Crippen LogP contribution in [0.5, 0.6) is 5.75 Å². The second-order valence-corrected chi connectivity index (χ2v) is 7.94. The number of ether oxygens (including phenoxy) is 1. The molecule has 2 aromatic rings. The molecule has 0 spiro atoms. The van der Waals surface area contributed by atoms with Crippen molar-refractivity contribution in [3.8, 4) is 5.75 Å². The molecule has 2 amide bonds. The van der Waals surface area contributed by atoms with E-state index in [1.165, 1.54) is 25.7 Å². The van der Waals surface area contributed by atoms with Gasteiger partial charge in [-0.2, -0.15) is 0 Å². The number of unbranched alkanes of at least 4 members (excludes halogenated alkanes) is 4. The molecule has 0 fully saturated rings. The Kier molecular flexibility index (Phi) is 11.2. The fraction of sp³-hybridized carbons (Fsp3) is 0.400. The summed E-state index contributed by atoms with van der Waals surface area (Å²) < 4.78 is 5.73. The maximum atomic E-state index is 12.5. The predicted octanol–water partition coefficient (Wildman–Crippen LogP) is 5.30. The van der Waals surface area contributed by atoms with E-state index in [2.05, 4.69) is 22.9 Å². The summed E-state index contributed by atoms with van der Waals surface area (Å²) in [6.07, 6.45) is 6.80. The number of rotatable bonds is 12. The molecular weight excluding hydrogens is 422 g/mol. The van der Waals surface area contributed by atoms with E-state index in [1.54, 1.807) is 48.5 Å². The molecule has 0 atom stereocenters. The van der Waals surface area contributed by atoms with E-state index in [0.29, 0.717) is 30.0 Å². The summed E-state index contributed by atoms with van der Waals surface area (Å²) >= 11 is 5.25. The number of carbonyl (C=O) groups excluding carboxylic acids is 2. The Labute approximate surface area is 196 Å². The molecular formula is C25H33N3O3S. The van der Waals surface area contributed by atoms with Crippen molar-refractivity contribution >= 4 is 34.8 Å². The summed E-state index contributed by atoms with van der Waals surface area (Å²) in [5.41, 5.74) is 1.64. The van der Waals surface area contributed by atoms with Crippen LogP contribution in [-0.2, 0) is 0 Å². The average Bonchev–Trinajstić information content (AvgIpc) is 2.80. The summed E-state index contributed by atoms with van der Waals surface area (Å²) in [5.74, 6) is 0.287. The normalized spacial score (nSPS) is 10.3. The Morgan fingerprint density at radius 1 is 0.875 bits per heavy atom. The zero-order chi connectivity index (χ0) is 23.2. The third-order valence-corrected chi connectivity index (χ3v) is 4.98. The van der Waals surface area contributed by atoms with Crippen molar-refractivity contribution in [3.63, 3.8) is 0 Å². The van der Waals surface area contributed by atoms with Gasteiger partial charge in [0.2, 0.25) is 0 Å². The van der Waals surface area contributed by atoms with Gasteiger partial charge in [-0.25, -0.2) is 0 Å². The van der Waals surface area contributed by atoms with Crippen molar-refractivity contribution in [2.75, 3.05) is 18.5 Å². The molecule has 32 heavy (non-hydrogen) atoms. The summed E-state index contributed by atoms with van der Waals surface area (Å²) in [7, 11) is 0. The minimum atomic E-state index is -0.314. The van der Waals surface area contributed by atoms with Gasteiger partial charge in [0.05, 0.1) is 6.61 Å². The number of benzene rings is 2. The van der Waals surface area contributed by atoms with Crippen LogP contribution >= 0.6 is 12.2 Å². The highest BCUT2D eigenvalue weighted by Gasteiger charge is 2.10. The minimum absolute atomic E-state index is 0.145. The number of anilines is 1. The van der Waals surface area contributed by atoms with Gasteiger partial charge in [0.15, 0.2) is 5.11 Å². The lowest BCUT2D eigenvalue weighted by Gasteiger charge is -2.11. The first-order chi connectivity index (χ1) is 15.5. The van der Waals surface area contributed by atoms with Crippen LogP contribution < -0.4 is 20.7 Å². The maximum Gasteiger partial charge on any atom is 0.257 e. The Morgan fingerprint density at radius 3 is 2.34 bits per heavy atom. The van der Waals surface area contributed by atoms with Crippen LogP contribution in [-0.4, -0.2) is 30.1 Å². The molecule has 0 bridgehead atoms. The molecule has 6 nitrogen and oxygen atoms in total. The van der Waals surface area contributed by atoms with Gasteiger partial charge >= 0.3 is 0 Å². The highest BCUT2D eigenvalue weighted by atomic mass is 32.1. The van der Waals surface area contributed by atoms with Gasteiger partial charge in [-0.05, 0) is 67.5 Å². The minimum Gasteiger partial charge on any atom is -0.494 e. The van der Waals surface area contributed by atoms with E-state index in [-0.39, 0.29) is 16.9 Å². The lowest BCUT2D eigenvalue weighted by atomic mass is 10.2. The summed E-state index contributed by atoms with van der Waals surface area (Å²) in [5, 5.41) is 8.60. The van der Waals surface area contributed by atoms with Crippen molar-refractivity contribution in [2.45, 2.75) is 52.4 Å². The molecule has 2 aromatic carbocycles. The van der Waals surface area contributed by atoms with Crippen molar-refractivity contribution in [2.24, 2.45) is 0 Å². The summed E-state index contributed by atoms with van der Waals surface area (Å²) in [6.45, 7) is 5.49. The van der Waals surface area contributed by atoms with Gasteiger partial charge in [-0.3, -0.25) is 14.9 Å². The molecule has 0 saturated heterocycles. The number of thiocarbonyl (C=S) groups is 1. The van der Waals surface area contributed by atoms with E-state index in [0.717, 1.165) is 18.6 Å². The summed E-state index contributed by atoms with van der Waals surface area (Å²) in [6, 6.07) is 14.0. The largest absolute Gasteiger partial charge is 0.494 e. The monoisotopic (exact) mass is 455 g/mol. The third-order valence-electron chi connectivity index (χ3n) is 4.78. The molecule has 0 aliphatic carbocycles. The highest BCUT2D eigenvalue weighted by molar-refractivity contribution is 7.80. The standard InChI is InChI=1S/C25H33N3O3S/c1-3-5-6-7-8-17-31-22-14-12-19(13-15-22)24(30)28-25(32)27-21-11-9-10-20(18-21)23(29)26-16-4-2/h9-15,18H,3-8,16-17H2,1-2H3,(H,26,29)(H2,27,28,30,32). The molecule has 3 N–H and O–H groups in total. The van der Waals surface area contributed by atoms with E-state index in [9.17, 15) is 9.59 Å². The highest BCUT2D eigenvalue weighted by Crippen LogP contribution is 2.14. The second kappa shape index (κ2) is 14.2. The number of amides is 2. The number of hydrogen-bond acceptors (Lipinski definition) is 4. The molecule has 2 rings (SSSR count). The van der Waals surface area contributed by atoms with Crippen molar-refractivity contribution in [1.29, 1.82) is 0 Å². The van der Waals surface area contributed by atoms with Crippen LogP contribution in [0.25, 0.3) is 0 Å². The van der Waals surface area contributed by atoms with E-state index in [4.69, 9.17) is 17.0 Å². The Hall–Kier alpha value is -2.93. The Balaban J connectivity index is 1.81. The fourth-order valence-corrected chi connectivity index (χ4v) is 3.23. The zero-order valence-electron chi connectivity index (χ0n) is 18.9. The van der Waals surface area contributed by atoms with Gasteiger partial charge < -0.3 is 15.4 Å². The predicted molar refractivity (Wildman–Crippen MR) is 133 cm³/mol. The SMILES string of the molecule is CCCCCCCOc1ccc(C(=O)NC(=S)Nc2cccc(C(=O)NCCC)c2)cc1. The van der Waals surface area contributed by atoms with E-state index >= 15 is 0 Å². The van der Waals surface area contributed by atoms with Crippen molar-refractivity contribution < 1.29 is 14.3 Å². The van der Waals surface area contributed by atoms with E-state index < -0.39 is 0 Å². The van der Waals surface area contributed by atoms with Crippen LogP contribution in [0.1, 0.15) is 73.1 Å². The van der Waals surface area contributed by atoms with Crippen molar-refractivity contribution in [1.82, 2.24) is 10.6 Å². The molecule has 0 unspecified atom stereocenters. The Bertz CT molecular complexity index is 884. The molecule has 7 heteroatoms. The molecule has 0 saturated carbocycles. The lowest BCUT2D eigenvalue weighted by Crippen LogP contribution is -2.34. The average molecular weight is 456 g/mol. The molecule has 172 valence electrons. The molecule has 0 aliphatic heterocycles. The molecule has 0 radical (unpaired) electrons. The first-order valence-electron chi connectivity index (χ1n) is 11.3. The number of hydrogen-bond donors (Lipinski definition) is 3. The van der Waals surface area contributed by atoms with Crippen LogP contribution in [0.15, 0.2) is 48.5 Å². The van der Waals surface area contributed by atoms with E-state index in [1.807, 2.05) is 6.92 Å². The van der Waals surface area contributed by atoms with Gasteiger partial charge in [0.25, 0.3) is 11.8 Å². The summed E-state index contributed by atoms with van der Waals surface area (Å²) in [4.78, 5) is 24.6. The first-order valence-corrected chi connectivity index (χ1v) is 11.7. The third kappa shape index (κ3) is 9.06. The zero-order valence-corrected chi connectivity index (χ0v) is 19.7. The number of nitrogens with one attached hydrogen (secondary N) is 3. The molecule has 0 heterocycles. The van der Waals surface area contributed by atoms with Gasteiger partial charge in [-0.1, -0.05) is 45.6 Å². The number of carbonyl (C=O) groups is 2. The van der Waals surface area contributed by atoms with Gasteiger partial charge in [-0.15, -0.1) is 0 Å². The lowest BCUT2D eigenvalue weighted by molar-refractivity contribution is 0.0951. The fourth-order valence-electron chi connectivity index (χ4n) is 3.01. The van der Waals surface area contributed by atoms with Gasteiger partial charge in [0, 0.05) is 23.4 Å². The molecule has 0 aliphatic rings. The van der Waals surface area contributed by atoms with Crippen LogP contribution in [0.2, 0.25) is 0 Å².